The molecule has 0 radical (unpaired) electrons. The highest BCUT2D eigenvalue weighted by Crippen LogP contribution is 2.32. The van der Waals surface area contributed by atoms with Gasteiger partial charge in [0.05, 0.1) is 5.56 Å². The van der Waals surface area contributed by atoms with Gasteiger partial charge in [0.1, 0.15) is 17.6 Å². The molecule has 0 heterocycles. The van der Waals surface area contributed by atoms with Crippen LogP contribution in [0, 0.1) is 11.3 Å². The van der Waals surface area contributed by atoms with Gasteiger partial charge in [-0.2, -0.15) is 5.26 Å². The summed E-state index contributed by atoms with van der Waals surface area (Å²) in [6, 6.07) is 20.9. The van der Waals surface area contributed by atoms with Crippen molar-refractivity contribution in [3.63, 3.8) is 0 Å². The number of hydrogen-bond donors (Lipinski definition) is 0. The van der Waals surface area contributed by atoms with Gasteiger partial charge in [-0.15, -0.1) is 0 Å². The molecule has 0 N–H and O–H groups in total. The Labute approximate surface area is 121 Å². The Morgan fingerprint density at radius 1 is 0.900 bits per heavy atom. The standard InChI is InChI=1S/C17H10ClNO/c18-14-9-8-13(11-19)17(10-14)20-16-7-3-5-12-4-1-2-6-15(12)16/h1-10H. The van der Waals surface area contributed by atoms with Crippen LogP contribution in [0.1, 0.15) is 5.56 Å². The predicted molar refractivity (Wildman–Crippen MR) is 80.2 cm³/mol. The molecule has 3 aromatic rings. The molecule has 0 saturated carbocycles. The third-order valence-electron chi connectivity index (χ3n) is 3.03. The van der Waals surface area contributed by atoms with E-state index in [0.717, 1.165) is 10.8 Å². The van der Waals surface area contributed by atoms with Crippen LogP contribution in [-0.4, -0.2) is 0 Å². The highest BCUT2D eigenvalue weighted by atomic mass is 35.5. The molecule has 0 unspecified atom stereocenters. The summed E-state index contributed by atoms with van der Waals surface area (Å²) < 4.78 is 5.89. The minimum absolute atomic E-state index is 0.460. The van der Waals surface area contributed by atoms with E-state index in [4.69, 9.17) is 21.6 Å². The minimum atomic E-state index is 0.460. The van der Waals surface area contributed by atoms with Crippen molar-refractivity contribution >= 4 is 22.4 Å². The zero-order valence-electron chi connectivity index (χ0n) is 10.5. The fraction of sp³-hybridized carbons (Fsp3) is 0. The number of ether oxygens (including phenoxy) is 1. The summed E-state index contributed by atoms with van der Waals surface area (Å²) in [6.07, 6.45) is 0. The Balaban J connectivity index is 2.10. The maximum Gasteiger partial charge on any atom is 0.146 e. The van der Waals surface area contributed by atoms with Gasteiger partial charge in [0.25, 0.3) is 0 Å². The molecule has 0 atom stereocenters. The number of rotatable bonds is 2. The molecule has 3 rings (SSSR count). The maximum atomic E-state index is 9.13. The Kier molecular flexibility index (Phi) is 3.28. The van der Waals surface area contributed by atoms with Crippen LogP contribution >= 0.6 is 11.6 Å². The van der Waals surface area contributed by atoms with Crippen molar-refractivity contribution in [2.45, 2.75) is 0 Å². The van der Waals surface area contributed by atoms with Crippen molar-refractivity contribution in [2.24, 2.45) is 0 Å². The first kappa shape index (κ1) is 12.5. The molecule has 3 aromatic carbocycles. The smallest absolute Gasteiger partial charge is 0.146 e. The molecule has 3 heteroatoms. The predicted octanol–water partition coefficient (Wildman–Crippen LogP) is 5.16. The van der Waals surface area contributed by atoms with Gasteiger partial charge in [-0.25, -0.2) is 0 Å². The highest BCUT2D eigenvalue weighted by molar-refractivity contribution is 6.30. The van der Waals surface area contributed by atoms with Crippen LogP contribution < -0.4 is 4.74 Å². The third-order valence-corrected chi connectivity index (χ3v) is 3.27. The molecule has 0 bridgehead atoms. The Morgan fingerprint density at radius 3 is 2.55 bits per heavy atom. The average Bonchev–Trinajstić information content (AvgIpc) is 2.48. The van der Waals surface area contributed by atoms with Crippen LogP contribution in [0.2, 0.25) is 5.02 Å². The quantitative estimate of drug-likeness (QED) is 0.649. The van der Waals surface area contributed by atoms with Crippen molar-refractivity contribution in [2.75, 3.05) is 0 Å². The first-order valence-corrected chi connectivity index (χ1v) is 6.51. The number of nitriles is 1. The first-order chi connectivity index (χ1) is 9.78. The van der Waals surface area contributed by atoms with Gasteiger partial charge in [0.2, 0.25) is 0 Å². The van der Waals surface area contributed by atoms with Crippen LogP contribution in [0.4, 0.5) is 0 Å². The van der Waals surface area contributed by atoms with Crippen LogP contribution in [0.25, 0.3) is 10.8 Å². The Morgan fingerprint density at radius 2 is 1.70 bits per heavy atom. The molecular formula is C17H10ClNO. The summed E-state index contributed by atoms with van der Waals surface area (Å²) in [6.45, 7) is 0. The van der Waals surface area contributed by atoms with E-state index in [-0.39, 0.29) is 0 Å². The Hall–Kier alpha value is -2.50. The second-order valence-corrected chi connectivity index (χ2v) is 4.77. The zero-order valence-corrected chi connectivity index (χ0v) is 11.3. The lowest BCUT2D eigenvalue weighted by molar-refractivity contribution is 0.487. The van der Waals surface area contributed by atoms with Crippen molar-refractivity contribution in [1.29, 1.82) is 5.26 Å². The summed E-state index contributed by atoms with van der Waals surface area (Å²) in [5.74, 6) is 1.18. The highest BCUT2D eigenvalue weighted by Gasteiger charge is 2.08. The zero-order chi connectivity index (χ0) is 13.9. The summed E-state index contributed by atoms with van der Waals surface area (Å²) >= 11 is 5.97. The first-order valence-electron chi connectivity index (χ1n) is 6.13. The number of benzene rings is 3. The van der Waals surface area contributed by atoms with Crippen molar-refractivity contribution in [3.8, 4) is 17.6 Å². The average molecular weight is 280 g/mol. The molecule has 0 aromatic heterocycles. The van der Waals surface area contributed by atoms with Gasteiger partial charge in [0, 0.05) is 16.5 Å². The number of fused-ring (bicyclic) bond motifs is 1. The van der Waals surface area contributed by atoms with E-state index in [1.807, 2.05) is 42.5 Å². The lowest BCUT2D eigenvalue weighted by Gasteiger charge is -2.10. The van der Waals surface area contributed by atoms with E-state index in [2.05, 4.69) is 6.07 Å². The third kappa shape index (κ3) is 2.32. The van der Waals surface area contributed by atoms with E-state index in [1.54, 1.807) is 18.2 Å². The molecule has 0 spiro atoms. The molecule has 0 saturated heterocycles. The Bertz CT molecular complexity index is 815. The molecule has 0 amide bonds. The van der Waals surface area contributed by atoms with Crippen LogP contribution in [0.5, 0.6) is 11.5 Å². The van der Waals surface area contributed by atoms with Crippen LogP contribution in [0.15, 0.2) is 60.7 Å². The van der Waals surface area contributed by atoms with E-state index < -0.39 is 0 Å². The monoisotopic (exact) mass is 279 g/mol. The molecule has 0 aliphatic rings. The number of halogens is 1. The minimum Gasteiger partial charge on any atom is -0.455 e. The van der Waals surface area contributed by atoms with E-state index in [9.17, 15) is 0 Å². The molecule has 0 aliphatic carbocycles. The van der Waals surface area contributed by atoms with Crippen LogP contribution in [-0.2, 0) is 0 Å². The van der Waals surface area contributed by atoms with E-state index >= 15 is 0 Å². The van der Waals surface area contributed by atoms with Gasteiger partial charge in [0.15, 0.2) is 0 Å². The second kappa shape index (κ2) is 5.24. The fourth-order valence-electron chi connectivity index (χ4n) is 2.08. The van der Waals surface area contributed by atoms with Crippen molar-refractivity contribution in [1.82, 2.24) is 0 Å². The summed E-state index contributed by atoms with van der Waals surface area (Å²) in [5.41, 5.74) is 0.460. The van der Waals surface area contributed by atoms with E-state index in [0.29, 0.717) is 22.1 Å². The van der Waals surface area contributed by atoms with Gasteiger partial charge >= 0.3 is 0 Å². The second-order valence-electron chi connectivity index (χ2n) is 4.33. The molecule has 0 aliphatic heterocycles. The van der Waals surface area contributed by atoms with Gasteiger partial charge in [-0.1, -0.05) is 48.0 Å². The fourth-order valence-corrected chi connectivity index (χ4v) is 2.24. The SMILES string of the molecule is N#Cc1ccc(Cl)cc1Oc1cccc2ccccc12. The number of nitrogens with zero attached hydrogens (tertiary/aromatic N) is 1. The molecule has 96 valence electrons. The topological polar surface area (TPSA) is 33.0 Å². The summed E-state index contributed by atoms with van der Waals surface area (Å²) in [5, 5.41) is 11.8. The lowest BCUT2D eigenvalue weighted by atomic mass is 10.1. The molecule has 2 nitrogen and oxygen atoms in total. The van der Waals surface area contributed by atoms with Gasteiger partial charge < -0.3 is 4.74 Å². The van der Waals surface area contributed by atoms with Gasteiger partial charge in [-0.05, 0) is 23.6 Å². The molecular weight excluding hydrogens is 270 g/mol. The lowest BCUT2D eigenvalue weighted by Crippen LogP contribution is -1.89. The van der Waals surface area contributed by atoms with Crippen molar-refractivity contribution < 1.29 is 4.74 Å². The summed E-state index contributed by atoms with van der Waals surface area (Å²) in [4.78, 5) is 0. The van der Waals surface area contributed by atoms with E-state index in [1.165, 1.54) is 0 Å². The number of hydrogen-bond acceptors (Lipinski definition) is 2. The summed E-state index contributed by atoms with van der Waals surface area (Å²) in [7, 11) is 0. The van der Waals surface area contributed by atoms with Crippen molar-refractivity contribution in [3.05, 3.63) is 71.2 Å². The largest absolute Gasteiger partial charge is 0.455 e. The van der Waals surface area contributed by atoms with Crippen LogP contribution in [0.3, 0.4) is 0 Å². The van der Waals surface area contributed by atoms with Gasteiger partial charge in [-0.3, -0.25) is 0 Å². The molecule has 20 heavy (non-hydrogen) atoms. The maximum absolute atomic E-state index is 9.13. The normalized spacial score (nSPS) is 10.2. The molecule has 0 fully saturated rings.